The molecule has 94 valence electrons. The molecular formula is C15H28O. The van der Waals surface area contributed by atoms with Crippen LogP contribution in [0.1, 0.15) is 65.7 Å². The molecule has 1 heteroatoms. The summed E-state index contributed by atoms with van der Waals surface area (Å²) in [5, 5.41) is 0. The lowest BCUT2D eigenvalue weighted by atomic mass is 9.91. The molecule has 0 aromatic heterocycles. The lowest BCUT2D eigenvalue weighted by Crippen LogP contribution is -2.14. The highest BCUT2D eigenvalue weighted by atomic mass is 16.5. The fourth-order valence-electron chi connectivity index (χ4n) is 3.42. The zero-order valence-electron chi connectivity index (χ0n) is 11.2. The number of ether oxygens (including phenoxy) is 1. The van der Waals surface area contributed by atoms with Crippen LogP contribution in [0.5, 0.6) is 0 Å². The molecule has 1 nitrogen and oxygen atoms in total. The molecule has 2 aliphatic rings. The summed E-state index contributed by atoms with van der Waals surface area (Å²) in [7, 11) is 0. The van der Waals surface area contributed by atoms with Crippen LogP contribution >= 0.6 is 0 Å². The van der Waals surface area contributed by atoms with Gasteiger partial charge in [0.1, 0.15) is 0 Å². The average molecular weight is 224 g/mol. The second-order valence-electron chi connectivity index (χ2n) is 6.39. The van der Waals surface area contributed by atoms with Crippen molar-refractivity contribution in [1.82, 2.24) is 0 Å². The van der Waals surface area contributed by atoms with Crippen LogP contribution in [0, 0.1) is 17.8 Å². The Morgan fingerprint density at radius 3 is 2.50 bits per heavy atom. The minimum atomic E-state index is 0.495. The van der Waals surface area contributed by atoms with Gasteiger partial charge in [-0.2, -0.15) is 0 Å². The summed E-state index contributed by atoms with van der Waals surface area (Å²) in [6, 6.07) is 0. The Kier molecular flexibility index (Phi) is 4.29. The van der Waals surface area contributed by atoms with Gasteiger partial charge in [0.25, 0.3) is 0 Å². The highest BCUT2D eigenvalue weighted by Gasteiger charge is 2.30. The molecule has 1 saturated carbocycles. The van der Waals surface area contributed by atoms with Crippen molar-refractivity contribution in [3.8, 4) is 0 Å². The normalized spacial score (nSPS) is 45.6. The summed E-state index contributed by atoms with van der Waals surface area (Å²) in [5.41, 5.74) is 0. The third-order valence-corrected chi connectivity index (χ3v) is 4.82. The highest BCUT2D eigenvalue weighted by molar-refractivity contribution is 4.80. The smallest absolute Gasteiger partial charge is 0.0585 e. The Balaban J connectivity index is 1.77. The number of hydrogen-bond donors (Lipinski definition) is 0. The molecule has 5 unspecified atom stereocenters. The van der Waals surface area contributed by atoms with E-state index in [-0.39, 0.29) is 0 Å². The summed E-state index contributed by atoms with van der Waals surface area (Å²) in [5.74, 6) is 2.69. The lowest BCUT2D eigenvalue weighted by Gasteiger charge is -2.19. The fraction of sp³-hybridized carbons (Fsp3) is 1.00. The van der Waals surface area contributed by atoms with E-state index >= 15 is 0 Å². The summed E-state index contributed by atoms with van der Waals surface area (Å²) < 4.78 is 6.04. The lowest BCUT2D eigenvalue weighted by molar-refractivity contribution is 0.0327. The van der Waals surface area contributed by atoms with Gasteiger partial charge in [-0.1, -0.05) is 46.0 Å². The maximum absolute atomic E-state index is 6.04. The molecule has 5 atom stereocenters. The van der Waals surface area contributed by atoms with Gasteiger partial charge in [-0.3, -0.25) is 0 Å². The Bertz CT molecular complexity index is 203. The predicted molar refractivity (Wildman–Crippen MR) is 68.5 cm³/mol. The fourth-order valence-corrected chi connectivity index (χ4v) is 3.42. The van der Waals surface area contributed by atoms with Crippen molar-refractivity contribution < 1.29 is 4.74 Å². The first kappa shape index (κ1) is 12.4. The second kappa shape index (κ2) is 5.53. The first-order chi connectivity index (χ1) is 7.65. The van der Waals surface area contributed by atoms with Gasteiger partial charge in [0.05, 0.1) is 12.2 Å². The predicted octanol–water partition coefficient (Wildman–Crippen LogP) is 4.41. The SMILES string of the molecule is CC1CCCC(CC2CC(C)C(C)O2)CC1. The van der Waals surface area contributed by atoms with E-state index in [0.29, 0.717) is 12.2 Å². The van der Waals surface area contributed by atoms with Gasteiger partial charge >= 0.3 is 0 Å². The summed E-state index contributed by atoms with van der Waals surface area (Å²) in [6.07, 6.45) is 10.9. The van der Waals surface area contributed by atoms with Crippen molar-refractivity contribution in [1.29, 1.82) is 0 Å². The molecule has 0 aromatic rings. The minimum Gasteiger partial charge on any atom is -0.375 e. The van der Waals surface area contributed by atoms with Crippen LogP contribution in [-0.4, -0.2) is 12.2 Å². The number of hydrogen-bond acceptors (Lipinski definition) is 1. The Hall–Kier alpha value is -0.0400. The van der Waals surface area contributed by atoms with Crippen LogP contribution in [0.2, 0.25) is 0 Å². The zero-order valence-corrected chi connectivity index (χ0v) is 11.2. The van der Waals surface area contributed by atoms with Crippen LogP contribution in [-0.2, 0) is 4.74 Å². The van der Waals surface area contributed by atoms with Crippen LogP contribution in [0.4, 0.5) is 0 Å². The van der Waals surface area contributed by atoms with E-state index < -0.39 is 0 Å². The standard InChI is InChI=1S/C15H28O/c1-11-5-4-6-14(8-7-11)10-15-9-12(2)13(3)16-15/h11-15H,4-10H2,1-3H3. The van der Waals surface area contributed by atoms with Gasteiger partial charge in [0, 0.05) is 0 Å². The summed E-state index contributed by atoms with van der Waals surface area (Å²) in [4.78, 5) is 0. The molecule has 2 rings (SSSR count). The molecule has 0 aromatic carbocycles. The molecule has 1 heterocycles. The molecule has 1 aliphatic carbocycles. The van der Waals surface area contributed by atoms with Crippen molar-refractivity contribution >= 4 is 0 Å². The topological polar surface area (TPSA) is 9.23 Å². The van der Waals surface area contributed by atoms with Gasteiger partial charge < -0.3 is 4.74 Å². The number of rotatable bonds is 2. The molecular weight excluding hydrogens is 196 g/mol. The van der Waals surface area contributed by atoms with Gasteiger partial charge in [-0.05, 0) is 37.5 Å². The zero-order chi connectivity index (χ0) is 11.5. The Morgan fingerprint density at radius 2 is 1.81 bits per heavy atom. The maximum Gasteiger partial charge on any atom is 0.0585 e. The van der Waals surface area contributed by atoms with Crippen molar-refractivity contribution in [2.75, 3.05) is 0 Å². The van der Waals surface area contributed by atoms with Gasteiger partial charge in [-0.25, -0.2) is 0 Å². The average Bonchev–Trinajstić information content (AvgIpc) is 2.44. The van der Waals surface area contributed by atoms with E-state index in [1.807, 2.05) is 0 Å². The molecule has 2 fully saturated rings. The monoisotopic (exact) mass is 224 g/mol. The van der Waals surface area contributed by atoms with Crippen molar-refractivity contribution in [3.63, 3.8) is 0 Å². The van der Waals surface area contributed by atoms with E-state index in [1.54, 1.807) is 0 Å². The van der Waals surface area contributed by atoms with Crippen molar-refractivity contribution in [2.24, 2.45) is 17.8 Å². The van der Waals surface area contributed by atoms with Gasteiger partial charge in [-0.15, -0.1) is 0 Å². The largest absolute Gasteiger partial charge is 0.375 e. The Labute approximate surface area is 101 Å². The minimum absolute atomic E-state index is 0.495. The van der Waals surface area contributed by atoms with Crippen LogP contribution in [0.15, 0.2) is 0 Å². The molecule has 1 saturated heterocycles. The van der Waals surface area contributed by atoms with E-state index in [9.17, 15) is 0 Å². The first-order valence-electron chi connectivity index (χ1n) is 7.30. The van der Waals surface area contributed by atoms with E-state index in [2.05, 4.69) is 20.8 Å². The van der Waals surface area contributed by atoms with Gasteiger partial charge in [0.2, 0.25) is 0 Å². The third kappa shape index (κ3) is 3.23. The van der Waals surface area contributed by atoms with Crippen molar-refractivity contribution in [3.05, 3.63) is 0 Å². The first-order valence-corrected chi connectivity index (χ1v) is 7.30. The van der Waals surface area contributed by atoms with E-state index in [0.717, 1.165) is 17.8 Å². The molecule has 16 heavy (non-hydrogen) atoms. The van der Waals surface area contributed by atoms with Crippen LogP contribution in [0.3, 0.4) is 0 Å². The van der Waals surface area contributed by atoms with Gasteiger partial charge in [0.15, 0.2) is 0 Å². The molecule has 0 spiro atoms. The quantitative estimate of drug-likeness (QED) is 0.631. The van der Waals surface area contributed by atoms with E-state index in [1.165, 1.54) is 44.9 Å². The molecule has 0 bridgehead atoms. The van der Waals surface area contributed by atoms with E-state index in [4.69, 9.17) is 4.74 Å². The van der Waals surface area contributed by atoms with Crippen molar-refractivity contribution in [2.45, 2.75) is 77.9 Å². The highest BCUT2D eigenvalue weighted by Crippen LogP contribution is 2.35. The van der Waals surface area contributed by atoms with Crippen LogP contribution < -0.4 is 0 Å². The summed E-state index contributed by atoms with van der Waals surface area (Å²) in [6.45, 7) is 6.98. The summed E-state index contributed by atoms with van der Waals surface area (Å²) >= 11 is 0. The molecule has 0 radical (unpaired) electrons. The molecule has 0 amide bonds. The molecule has 1 aliphatic heterocycles. The maximum atomic E-state index is 6.04. The Morgan fingerprint density at radius 1 is 1.00 bits per heavy atom. The second-order valence-corrected chi connectivity index (χ2v) is 6.39. The third-order valence-electron chi connectivity index (χ3n) is 4.82. The van der Waals surface area contributed by atoms with Crippen LogP contribution in [0.25, 0.3) is 0 Å². The molecule has 0 N–H and O–H groups in total.